The third-order valence-electron chi connectivity index (χ3n) is 2.98. The molecular weight excluding hydrogens is 224 g/mol. The summed E-state index contributed by atoms with van der Waals surface area (Å²) in [6.45, 7) is 6.04. The van der Waals surface area contributed by atoms with Crippen LogP contribution in [0.25, 0.3) is 16.9 Å². The maximum absolute atomic E-state index is 4.63. The summed E-state index contributed by atoms with van der Waals surface area (Å²) in [5.41, 5.74) is 6.01. The molecule has 0 aliphatic rings. The maximum atomic E-state index is 4.63. The van der Waals surface area contributed by atoms with Gasteiger partial charge >= 0.3 is 0 Å². The lowest BCUT2D eigenvalue weighted by atomic mass is 10.1. The number of hydrogen-bond acceptors (Lipinski definition) is 3. The highest BCUT2D eigenvalue weighted by atomic mass is 15.3. The fourth-order valence-electron chi connectivity index (χ4n) is 2.09. The largest absolute Gasteiger partial charge is 0.264 e. The van der Waals surface area contributed by atoms with Crippen molar-refractivity contribution in [2.45, 2.75) is 20.8 Å². The van der Waals surface area contributed by atoms with E-state index in [1.165, 1.54) is 0 Å². The number of fused-ring (bicyclic) bond motifs is 1. The SMILES string of the molecule is Cc1cncc(-c2nc3ccc(C)nn3c2C)c1. The van der Waals surface area contributed by atoms with Crippen molar-refractivity contribution in [1.82, 2.24) is 19.6 Å². The monoisotopic (exact) mass is 238 g/mol. The summed E-state index contributed by atoms with van der Waals surface area (Å²) < 4.78 is 1.88. The van der Waals surface area contributed by atoms with E-state index in [-0.39, 0.29) is 0 Å². The predicted octanol–water partition coefficient (Wildman–Crippen LogP) is 2.72. The van der Waals surface area contributed by atoms with Gasteiger partial charge in [0, 0.05) is 18.0 Å². The van der Waals surface area contributed by atoms with Gasteiger partial charge in [0.2, 0.25) is 0 Å². The average molecular weight is 238 g/mol. The second-order valence-corrected chi connectivity index (χ2v) is 4.54. The highest BCUT2D eigenvalue weighted by Gasteiger charge is 2.11. The van der Waals surface area contributed by atoms with Gasteiger partial charge < -0.3 is 0 Å². The first-order valence-corrected chi connectivity index (χ1v) is 5.90. The van der Waals surface area contributed by atoms with E-state index >= 15 is 0 Å². The standard InChI is InChI=1S/C14H14N4/c1-9-6-12(8-15-7-9)14-11(3)18-13(16-14)5-4-10(2)17-18/h4-8H,1-3H3. The number of rotatable bonds is 1. The Morgan fingerprint density at radius 1 is 1.06 bits per heavy atom. The molecule has 3 heterocycles. The zero-order valence-corrected chi connectivity index (χ0v) is 10.7. The molecule has 3 rings (SSSR count). The zero-order chi connectivity index (χ0) is 12.7. The van der Waals surface area contributed by atoms with Gasteiger partial charge in [0.15, 0.2) is 5.65 Å². The Kier molecular flexibility index (Phi) is 2.37. The van der Waals surface area contributed by atoms with Crippen LogP contribution in [-0.2, 0) is 0 Å². The summed E-state index contributed by atoms with van der Waals surface area (Å²) in [4.78, 5) is 8.84. The summed E-state index contributed by atoms with van der Waals surface area (Å²) in [7, 11) is 0. The molecule has 0 N–H and O–H groups in total. The van der Waals surface area contributed by atoms with Crippen LogP contribution in [0.5, 0.6) is 0 Å². The van der Waals surface area contributed by atoms with Gasteiger partial charge in [0.1, 0.15) is 0 Å². The molecule has 0 bridgehead atoms. The molecule has 18 heavy (non-hydrogen) atoms. The highest BCUT2D eigenvalue weighted by Crippen LogP contribution is 2.23. The molecule has 0 saturated heterocycles. The van der Waals surface area contributed by atoms with Gasteiger partial charge in [-0.3, -0.25) is 4.98 Å². The third-order valence-corrected chi connectivity index (χ3v) is 2.98. The lowest BCUT2D eigenvalue weighted by molar-refractivity contribution is 0.871. The first-order chi connectivity index (χ1) is 8.65. The van der Waals surface area contributed by atoms with Crippen molar-refractivity contribution >= 4 is 5.65 Å². The molecule has 4 heteroatoms. The van der Waals surface area contributed by atoms with E-state index in [1.54, 1.807) is 0 Å². The van der Waals surface area contributed by atoms with Crippen LogP contribution in [0.3, 0.4) is 0 Å². The Bertz CT molecular complexity index is 728. The number of aromatic nitrogens is 4. The van der Waals surface area contributed by atoms with Crippen LogP contribution < -0.4 is 0 Å². The minimum atomic E-state index is 0.870. The van der Waals surface area contributed by atoms with Crippen molar-refractivity contribution in [3.8, 4) is 11.3 Å². The van der Waals surface area contributed by atoms with Crippen LogP contribution in [0.2, 0.25) is 0 Å². The number of imidazole rings is 1. The van der Waals surface area contributed by atoms with Gasteiger partial charge in [-0.05, 0) is 44.5 Å². The molecule has 0 spiro atoms. The molecule has 4 nitrogen and oxygen atoms in total. The summed E-state index contributed by atoms with van der Waals surface area (Å²) >= 11 is 0. The van der Waals surface area contributed by atoms with E-state index in [4.69, 9.17) is 0 Å². The lowest BCUT2D eigenvalue weighted by Crippen LogP contribution is -1.95. The Balaban J connectivity index is 2.27. The average Bonchev–Trinajstić information content (AvgIpc) is 2.67. The van der Waals surface area contributed by atoms with Crippen molar-refractivity contribution < 1.29 is 0 Å². The highest BCUT2D eigenvalue weighted by molar-refractivity contribution is 5.65. The summed E-state index contributed by atoms with van der Waals surface area (Å²) in [5, 5.41) is 4.48. The summed E-state index contributed by atoms with van der Waals surface area (Å²) in [6.07, 6.45) is 3.69. The van der Waals surface area contributed by atoms with Crippen molar-refractivity contribution in [3.05, 3.63) is 47.5 Å². The number of pyridine rings is 1. The van der Waals surface area contributed by atoms with E-state index in [2.05, 4.69) is 21.1 Å². The summed E-state index contributed by atoms with van der Waals surface area (Å²) in [6, 6.07) is 6.05. The quantitative estimate of drug-likeness (QED) is 0.654. The molecule has 0 aliphatic heterocycles. The fourth-order valence-corrected chi connectivity index (χ4v) is 2.09. The second-order valence-electron chi connectivity index (χ2n) is 4.54. The topological polar surface area (TPSA) is 43.1 Å². The molecule has 3 aromatic rings. The van der Waals surface area contributed by atoms with Crippen LogP contribution in [0.4, 0.5) is 0 Å². The Labute approximate surface area is 105 Å². The van der Waals surface area contributed by atoms with Crippen LogP contribution in [0.1, 0.15) is 17.0 Å². The smallest absolute Gasteiger partial charge is 0.154 e. The van der Waals surface area contributed by atoms with Gasteiger partial charge in [-0.1, -0.05) is 0 Å². The second kappa shape index (κ2) is 3.91. The fraction of sp³-hybridized carbons (Fsp3) is 0.214. The molecule has 0 unspecified atom stereocenters. The number of aryl methyl sites for hydroxylation is 3. The molecule has 0 aliphatic carbocycles. The van der Waals surface area contributed by atoms with E-state index in [0.29, 0.717) is 0 Å². The molecule has 0 fully saturated rings. The van der Waals surface area contributed by atoms with Crippen molar-refractivity contribution in [2.75, 3.05) is 0 Å². The zero-order valence-electron chi connectivity index (χ0n) is 10.7. The minimum absolute atomic E-state index is 0.870. The Morgan fingerprint density at radius 3 is 2.67 bits per heavy atom. The molecule has 3 aromatic heterocycles. The normalized spacial score (nSPS) is 11.1. The Morgan fingerprint density at radius 2 is 1.89 bits per heavy atom. The summed E-state index contributed by atoms with van der Waals surface area (Å²) in [5.74, 6) is 0. The van der Waals surface area contributed by atoms with Gasteiger partial charge in [-0.2, -0.15) is 5.10 Å². The van der Waals surface area contributed by atoms with Gasteiger partial charge in [-0.25, -0.2) is 9.50 Å². The van der Waals surface area contributed by atoms with Crippen LogP contribution in [0, 0.1) is 20.8 Å². The minimum Gasteiger partial charge on any atom is -0.264 e. The van der Waals surface area contributed by atoms with E-state index in [1.807, 2.05) is 49.8 Å². The maximum Gasteiger partial charge on any atom is 0.154 e. The molecule has 0 saturated carbocycles. The lowest BCUT2D eigenvalue weighted by Gasteiger charge is -2.00. The number of nitrogens with zero attached hydrogens (tertiary/aromatic N) is 4. The molecule has 0 atom stereocenters. The Hall–Kier alpha value is -2.23. The first kappa shape index (κ1) is 10.9. The first-order valence-electron chi connectivity index (χ1n) is 5.90. The van der Waals surface area contributed by atoms with Gasteiger partial charge in [0.25, 0.3) is 0 Å². The van der Waals surface area contributed by atoms with Crippen LogP contribution in [-0.4, -0.2) is 19.6 Å². The molecule has 0 amide bonds. The predicted molar refractivity (Wildman–Crippen MR) is 70.4 cm³/mol. The molecule has 90 valence electrons. The van der Waals surface area contributed by atoms with Crippen LogP contribution >= 0.6 is 0 Å². The van der Waals surface area contributed by atoms with Crippen molar-refractivity contribution in [1.29, 1.82) is 0 Å². The number of hydrogen-bond donors (Lipinski definition) is 0. The molecule has 0 aromatic carbocycles. The van der Waals surface area contributed by atoms with Crippen molar-refractivity contribution in [3.63, 3.8) is 0 Å². The van der Waals surface area contributed by atoms with E-state index < -0.39 is 0 Å². The van der Waals surface area contributed by atoms with E-state index in [0.717, 1.165) is 33.9 Å². The van der Waals surface area contributed by atoms with Gasteiger partial charge in [-0.15, -0.1) is 0 Å². The molecule has 0 radical (unpaired) electrons. The molecular formula is C14H14N4. The van der Waals surface area contributed by atoms with Crippen molar-refractivity contribution in [2.24, 2.45) is 0 Å². The van der Waals surface area contributed by atoms with Crippen LogP contribution in [0.15, 0.2) is 30.6 Å². The van der Waals surface area contributed by atoms with E-state index in [9.17, 15) is 0 Å². The van der Waals surface area contributed by atoms with Gasteiger partial charge in [0.05, 0.1) is 17.1 Å². The third kappa shape index (κ3) is 1.66.